The van der Waals surface area contributed by atoms with Crippen LogP contribution in [-0.2, 0) is 10.0 Å². The number of nitrogen functional groups attached to an aromatic ring is 1. The van der Waals surface area contributed by atoms with E-state index in [2.05, 4.69) is 4.90 Å². The summed E-state index contributed by atoms with van der Waals surface area (Å²) in [6.07, 6.45) is 0. The first-order chi connectivity index (χ1) is 9.23. The molecule has 0 amide bonds. The average molecular weight is 301 g/mol. The molecular formula is C13H20FN3O2S. The van der Waals surface area contributed by atoms with Crippen molar-refractivity contribution >= 4 is 15.7 Å². The molecule has 0 spiro atoms. The van der Waals surface area contributed by atoms with Gasteiger partial charge in [-0.2, -0.15) is 4.31 Å². The maximum atomic E-state index is 13.4. The molecule has 0 radical (unpaired) electrons. The third-order valence-corrected chi connectivity index (χ3v) is 5.81. The molecule has 20 heavy (non-hydrogen) atoms. The van der Waals surface area contributed by atoms with Crippen molar-refractivity contribution < 1.29 is 12.8 Å². The van der Waals surface area contributed by atoms with Crippen LogP contribution in [0.15, 0.2) is 17.0 Å². The summed E-state index contributed by atoms with van der Waals surface area (Å²) < 4.78 is 40.3. The van der Waals surface area contributed by atoms with Gasteiger partial charge in [0.25, 0.3) is 0 Å². The minimum atomic E-state index is -3.64. The zero-order valence-corrected chi connectivity index (χ0v) is 12.7. The van der Waals surface area contributed by atoms with Crippen LogP contribution >= 0.6 is 0 Å². The number of piperazine rings is 1. The molecule has 5 nitrogen and oxygen atoms in total. The Morgan fingerprint density at radius 3 is 2.60 bits per heavy atom. The standard InChI is InChI=1S/C13H20FN3O2S/c1-9-6-11(14)12(15)7-13(9)20(18,19)17-5-4-16(3)8-10(17)2/h6-7,10H,4-5,8,15H2,1-3H3. The molecule has 1 unspecified atom stereocenters. The molecule has 1 heterocycles. The van der Waals surface area contributed by atoms with E-state index in [9.17, 15) is 12.8 Å². The molecule has 112 valence electrons. The number of halogens is 1. The summed E-state index contributed by atoms with van der Waals surface area (Å²) in [6.45, 7) is 5.23. The lowest BCUT2D eigenvalue weighted by molar-refractivity contribution is 0.170. The average Bonchev–Trinajstić information content (AvgIpc) is 2.33. The predicted octanol–water partition coefficient (Wildman–Crippen LogP) is 1.04. The van der Waals surface area contributed by atoms with E-state index in [-0.39, 0.29) is 16.6 Å². The summed E-state index contributed by atoms with van der Waals surface area (Å²) >= 11 is 0. The van der Waals surface area contributed by atoms with Gasteiger partial charge in [0.1, 0.15) is 5.82 Å². The van der Waals surface area contributed by atoms with E-state index in [1.807, 2.05) is 14.0 Å². The van der Waals surface area contributed by atoms with Crippen molar-refractivity contribution in [3.63, 3.8) is 0 Å². The van der Waals surface area contributed by atoms with Crippen molar-refractivity contribution in [1.29, 1.82) is 0 Å². The molecule has 1 aliphatic heterocycles. The number of hydrogen-bond acceptors (Lipinski definition) is 4. The number of aryl methyl sites for hydroxylation is 1. The van der Waals surface area contributed by atoms with Gasteiger partial charge in [0.05, 0.1) is 10.6 Å². The lowest BCUT2D eigenvalue weighted by Gasteiger charge is -2.37. The van der Waals surface area contributed by atoms with Crippen molar-refractivity contribution in [1.82, 2.24) is 9.21 Å². The van der Waals surface area contributed by atoms with E-state index >= 15 is 0 Å². The maximum absolute atomic E-state index is 13.4. The number of benzene rings is 1. The van der Waals surface area contributed by atoms with Gasteiger partial charge in [-0.25, -0.2) is 12.8 Å². The molecule has 2 rings (SSSR count). The lowest BCUT2D eigenvalue weighted by atomic mass is 10.2. The third-order valence-electron chi connectivity index (χ3n) is 3.65. The molecule has 1 atom stereocenters. The lowest BCUT2D eigenvalue weighted by Crippen LogP contribution is -2.52. The molecule has 2 N–H and O–H groups in total. The number of sulfonamides is 1. The second-order valence-corrected chi connectivity index (χ2v) is 7.23. The quantitative estimate of drug-likeness (QED) is 0.829. The summed E-state index contributed by atoms with van der Waals surface area (Å²) in [6, 6.07) is 2.26. The highest BCUT2D eigenvalue weighted by Gasteiger charge is 2.33. The number of nitrogens with zero attached hydrogens (tertiary/aromatic N) is 2. The summed E-state index contributed by atoms with van der Waals surface area (Å²) in [5, 5.41) is 0. The van der Waals surface area contributed by atoms with E-state index in [0.29, 0.717) is 25.2 Å². The summed E-state index contributed by atoms with van der Waals surface area (Å²) in [5.74, 6) is -0.590. The van der Waals surface area contributed by atoms with E-state index < -0.39 is 15.8 Å². The number of rotatable bonds is 2. The first kappa shape index (κ1) is 15.2. The Morgan fingerprint density at radius 2 is 2.00 bits per heavy atom. The fourth-order valence-corrected chi connectivity index (χ4v) is 4.41. The Balaban J connectivity index is 2.43. The van der Waals surface area contributed by atoms with Crippen molar-refractivity contribution in [3.8, 4) is 0 Å². The molecule has 1 saturated heterocycles. The number of nitrogens with two attached hydrogens (primary N) is 1. The zero-order chi connectivity index (χ0) is 15.1. The SMILES string of the molecule is Cc1cc(F)c(N)cc1S(=O)(=O)N1CCN(C)CC1C. The monoisotopic (exact) mass is 301 g/mol. The molecule has 0 aromatic heterocycles. The van der Waals surface area contributed by atoms with Crippen LogP contribution in [0, 0.1) is 12.7 Å². The first-order valence-electron chi connectivity index (χ1n) is 6.49. The highest BCUT2D eigenvalue weighted by molar-refractivity contribution is 7.89. The van der Waals surface area contributed by atoms with Crippen molar-refractivity contribution in [2.45, 2.75) is 24.8 Å². The molecule has 1 aromatic carbocycles. The zero-order valence-electron chi connectivity index (χ0n) is 11.9. The van der Waals surface area contributed by atoms with Crippen LogP contribution in [0.5, 0.6) is 0 Å². The Bertz CT molecular complexity index is 618. The topological polar surface area (TPSA) is 66.6 Å². The second-order valence-electron chi connectivity index (χ2n) is 5.37. The highest BCUT2D eigenvalue weighted by Crippen LogP contribution is 2.27. The van der Waals surface area contributed by atoms with E-state index in [1.165, 1.54) is 16.4 Å². The van der Waals surface area contributed by atoms with Crippen molar-refractivity contribution in [3.05, 3.63) is 23.5 Å². The highest BCUT2D eigenvalue weighted by atomic mass is 32.2. The Kier molecular flexibility index (Phi) is 4.04. The third kappa shape index (κ3) is 2.65. The van der Waals surface area contributed by atoms with Gasteiger partial charge < -0.3 is 10.6 Å². The smallest absolute Gasteiger partial charge is 0.243 e. The molecule has 1 aliphatic rings. The molecule has 0 aliphatic carbocycles. The fourth-order valence-electron chi connectivity index (χ4n) is 2.55. The number of likely N-dealkylation sites (N-methyl/N-ethyl adjacent to an activating group) is 1. The Morgan fingerprint density at radius 1 is 1.35 bits per heavy atom. The van der Waals surface area contributed by atoms with Crippen LogP contribution in [0.25, 0.3) is 0 Å². The summed E-state index contributed by atoms with van der Waals surface area (Å²) in [4.78, 5) is 2.18. The van der Waals surface area contributed by atoms with Crippen LogP contribution in [0.2, 0.25) is 0 Å². The van der Waals surface area contributed by atoms with Gasteiger partial charge in [-0.05, 0) is 38.6 Å². The second kappa shape index (κ2) is 5.31. The van der Waals surface area contributed by atoms with Gasteiger partial charge in [0, 0.05) is 25.7 Å². The molecule has 0 bridgehead atoms. The summed E-state index contributed by atoms with van der Waals surface area (Å²) in [7, 11) is -1.68. The molecule has 7 heteroatoms. The van der Waals surface area contributed by atoms with Crippen LogP contribution in [0.4, 0.5) is 10.1 Å². The van der Waals surface area contributed by atoms with Gasteiger partial charge in [-0.1, -0.05) is 0 Å². The predicted molar refractivity (Wildman–Crippen MR) is 76.4 cm³/mol. The molecule has 1 fully saturated rings. The molecule has 1 aromatic rings. The summed E-state index contributed by atoms with van der Waals surface area (Å²) in [5.41, 5.74) is 5.74. The Hall–Kier alpha value is -1.18. The van der Waals surface area contributed by atoms with Gasteiger partial charge in [0.2, 0.25) is 10.0 Å². The number of anilines is 1. The van der Waals surface area contributed by atoms with E-state index in [4.69, 9.17) is 5.73 Å². The fraction of sp³-hybridized carbons (Fsp3) is 0.538. The van der Waals surface area contributed by atoms with Crippen LogP contribution in [-0.4, -0.2) is 50.3 Å². The van der Waals surface area contributed by atoms with Gasteiger partial charge >= 0.3 is 0 Å². The number of hydrogen-bond donors (Lipinski definition) is 1. The minimum Gasteiger partial charge on any atom is -0.396 e. The van der Waals surface area contributed by atoms with Crippen LogP contribution < -0.4 is 5.73 Å². The van der Waals surface area contributed by atoms with Crippen LogP contribution in [0.3, 0.4) is 0 Å². The minimum absolute atomic E-state index is 0.0906. The molecular weight excluding hydrogens is 281 g/mol. The van der Waals surface area contributed by atoms with Crippen molar-refractivity contribution in [2.75, 3.05) is 32.4 Å². The van der Waals surface area contributed by atoms with Crippen LogP contribution in [0.1, 0.15) is 12.5 Å². The van der Waals surface area contributed by atoms with Gasteiger partial charge in [-0.15, -0.1) is 0 Å². The van der Waals surface area contributed by atoms with Gasteiger partial charge in [-0.3, -0.25) is 0 Å². The Labute approximate surface area is 119 Å². The first-order valence-corrected chi connectivity index (χ1v) is 7.93. The van der Waals surface area contributed by atoms with Gasteiger partial charge in [0.15, 0.2) is 0 Å². The molecule has 0 saturated carbocycles. The normalized spacial score (nSPS) is 22.1. The maximum Gasteiger partial charge on any atom is 0.243 e. The van der Waals surface area contributed by atoms with Crippen molar-refractivity contribution in [2.24, 2.45) is 0 Å². The van der Waals surface area contributed by atoms with E-state index in [0.717, 1.165) is 0 Å². The largest absolute Gasteiger partial charge is 0.396 e. The van der Waals surface area contributed by atoms with E-state index in [1.54, 1.807) is 6.92 Å².